The lowest BCUT2D eigenvalue weighted by Gasteiger charge is -2.26. The largest absolute Gasteiger partial charge is 0.493 e. The normalized spacial score (nSPS) is 17.6. The average molecular weight is 321 g/mol. The summed E-state index contributed by atoms with van der Waals surface area (Å²) in [6.07, 6.45) is 0.532. The SMILES string of the molecule is Cc1ccc(F)cc1S(=O)(=O)N[C@@H]1CCOc2ccccc21. The molecule has 0 bridgehead atoms. The highest BCUT2D eigenvalue weighted by molar-refractivity contribution is 7.89. The molecule has 0 radical (unpaired) electrons. The summed E-state index contributed by atoms with van der Waals surface area (Å²) in [4.78, 5) is -0.0310. The van der Waals surface area contributed by atoms with Crippen LogP contribution < -0.4 is 9.46 Å². The first-order valence-corrected chi connectivity index (χ1v) is 8.46. The van der Waals surface area contributed by atoms with Gasteiger partial charge in [0.15, 0.2) is 0 Å². The molecule has 0 saturated heterocycles. The molecule has 2 aromatic carbocycles. The van der Waals surface area contributed by atoms with Crippen molar-refractivity contribution < 1.29 is 17.5 Å². The monoisotopic (exact) mass is 321 g/mol. The van der Waals surface area contributed by atoms with Gasteiger partial charge in [0.05, 0.1) is 17.5 Å². The van der Waals surface area contributed by atoms with E-state index in [1.165, 1.54) is 12.1 Å². The number of rotatable bonds is 3. The molecule has 4 nitrogen and oxygen atoms in total. The van der Waals surface area contributed by atoms with Crippen LogP contribution in [0.25, 0.3) is 0 Å². The highest BCUT2D eigenvalue weighted by Crippen LogP contribution is 2.32. The maximum absolute atomic E-state index is 13.4. The van der Waals surface area contributed by atoms with Gasteiger partial charge >= 0.3 is 0 Å². The van der Waals surface area contributed by atoms with Crippen molar-refractivity contribution in [2.75, 3.05) is 6.61 Å². The number of aryl methyl sites for hydroxylation is 1. The number of sulfonamides is 1. The van der Waals surface area contributed by atoms with E-state index in [1.54, 1.807) is 6.92 Å². The van der Waals surface area contributed by atoms with Gasteiger partial charge in [-0.1, -0.05) is 24.3 Å². The molecule has 22 heavy (non-hydrogen) atoms. The fourth-order valence-electron chi connectivity index (χ4n) is 2.58. The highest BCUT2D eigenvalue weighted by atomic mass is 32.2. The van der Waals surface area contributed by atoms with E-state index in [0.29, 0.717) is 24.3 Å². The van der Waals surface area contributed by atoms with E-state index in [9.17, 15) is 12.8 Å². The number of ether oxygens (including phenoxy) is 1. The quantitative estimate of drug-likeness (QED) is 0.945. The molecule has 1 heterocycles. The van der Waals surface area contributed by atoms with Crippen molar-refractivity contribution in [3.63, 3.8) is 0 Å². The van der Waals surface area contributed by atoms with Gasteiger partial charge < -0.3 is 4.74 Å². The lowest BCUT2D eigenvalue weighted by Crippen LogP contribution is -2.32. The molecule has 0 fully saturated rings. The molecule has 6 heteroatoms. The number of halogens is 1. The van der Waals surface area contributed by atoms with Gasteiger partial charge in [-0.15, -0.1) is 0 Å². The fraction of sp³-hybridized carbons (Fsp3) is 0.250. The number of hydrogen-bond acceptors (Lipinski definition) is 3. The maximum Gasteiger partial charge on any atom is 0.241 e. The second-order valence-electron chi connectivity index (χ2n) is 5.26. The molecule has 0 spiro atoms. The topological polar surface area (TPSA) is 55.4 Å². The summed E-state index contributed by atoms with van der Waals surface area (Å²) in [5.74, 6) is 0.107. The lowest BCUT2D eigenvalue weighted by atomic mass is 10.0. The zero-order chi connectivity index (χ0) is 15.7. The molecule has 2 aromatic rings. The Morgan fingerprint density at radius 3 is 2.82 bits per heavy atom. The number of para-hydroxylation sites is 1. The van der Waals surface area contributed by atoms with Gasteiger partial charge in [0.2, 0.25) is 10.0 Å². The van der Waals surface area contributed by atoms with E-state index in [0.717, 1.165) is 11.6 Å². The van der Waals surface area contributed by atoms with Crippen LogP contribution >= 0.6 is 0 Å². The molecule has 0 amide bonds. The number of hydrogen-bond donors (Lipinski definition) is 1. The second kappa shape index (κ2) is 5.70. The third kappa shape index (κ3) is 2.84. The third-order valence-corrected chi connectivity index (χ3v) is 5.31. The van der Waals surface area contributed by atoms with Gasteiger partial charge in [0, 0.05) is 12.0 Å². The van der Waals surface area contributed by atoms with E-state index in [1.807, 2.05) is 24.3 Å². The fourth-order valence-corrected chi connectivity index (χ4v) is 4.08. The Kier molecular flexibility index (Phi) is 3.88. The van der Waals surface area contributed by atoms with E-state index in [4.69, 9.17) is 4.74 Å². The van der Waals surface area contributed by atoms with Crippen LogP contribution in [-0.2, 0) is 10.0 Å². The van der Waals surface area contributed by atoms with Crippen LogP contribution in [0.15, 0.2) is 47.4 Å². The first-order valence-electron chi connectivity index (χ1n) is 6.97. The average Bonchev–Trinajstić information content (AvgIpc) is 2.50. The number of fused-ring (bicyclic) bond motifs is 1. The van der Waals surface area contributed by atoms with E-state index in [2.05, 4.69) is 4.72 Å². The molecular formula is C16H16FNO3S. The Morgan fingerprint density at radius 1 is 1.23 bits per heavy atom. The van der Waals surface area contributed by atoms with Crippen LogP contribution in [0.5, 0.6) is 5.75 Å². The molecule has 3 rings (SSSR count). The highest BCUT2D eigenvalue weighted by Gasteiger charge is 2.27. The van der Waals surface area contributed by atoms with Crippen molar-refractivity contribution >= 4 is 10.0 Å². The number of benzene rings is 2. The van der Waals surface area contributed by atoms with Crippen LogP contribution in [0.2, 0.25) is 0 Å². The molecule has 0 unspecified atom stereocenters. The van der Waals surface area contributed by atoms with Gasteiger partial charge in [-0.25, -0.2) is 17.5 Å². The van der Waals surface area contributed by atoms with Crippen molar-refractivity contribution in [1.82, 2.24) is 4.72 Å². The van der Waals surface area contributed by atoms with Gasteiger partial charge in [0.25, 0.3) is 0 Å². The lowest BCUT2D eigenvalue weighted by molar-refractivity contribution is 0.263. The number of nitrogens with one attached hydrogen (secondary N) is 1. The zero-order valence-electron chi connectivity index (χ0n) is 12.0. The smallest absolute Gasteiger partial charge is 0.241 e. The van der Waals surface area contributed by atoms with Gasteiger partial charge in [-0.05, 0) is 30.7 Å². The van der Waals surface area contributed by atoms with Crippen molar-refractivity contribution in [2.45, 2.75) is 24.3 Å². The summed E-state index contributed by atoms with van der Waals surface area (Å²) in [6, 6.07) is 10.7. The summed E-state index contributed by atoms with van der Waals surface area (Å²) >= 11 is 0. The minimum absolute atomic E-state index is 0.0310. The summed E-state index contributed by atoms with van der Waals surface area (Å²) in [6.45, 7) is 2.08. The van der Waals surface area contributed by atoms with Crippen molar-refractivity contribution in [1.29, 1.82) is 0 Å². The predicted octanol–water partition coefficient (Wildman–Crippen LogP) is 2.94. The molecular weight excluding hydrogens is 305 g/mol. The van der Waals surface area contributed by atoms with Gasteiger partial charge in [0.1, 0.15) is 11.6 Å². The van der Waals surface area contributed by atoms with Crippen LogP contribution in [0.4, 0.5) is 4.39 Å². The summed E-state index contributed by atoms with van der Waals surface area (Å²) < 4.78 is 46.7. The molecule has 1 aliphatic heterocycles. The minimum Gasteiger partial charge on any atom is -0.493 e. The van der Waals surface area contributed by atoms with E-state index < -0.39 is 15.8 Å². The molecule has 1 N–H and O–H groups in total. The van der Waals surface area contributed by atoms with E-state index >= 15 is 0 Å². The van der Waals surface area contributed by atoms with Gasteiger partial charge in [-0.2, -0.15) is 0 Å². The Bertz CT molecular complexity index is 805. The molecule has 0 aromatic heterocycles. The molecule has 116 valence electrons. The maximum atomic E-state index is 13.4. The molecule has 0 saturated carbocycles. The molecule has 1 aliphatic rings. The van der Waals surface area contributed by atoms with Crippen LogP contribution in [0.1, 0.15) is 23.6 Å². The first-order chi connectivity index (χ1) is 10.5. The Morgan fingerprint density at radius 2 is 2.00 bits per heavy atom. The Hall–Kier alpha value is -1.92. The zero-order valence-corrected chi connectivity index (χ0v) is 12.9. The Labute approximate surface area is 129 Å². The van der Waals surface area contributed by atoms with Crippen LogP contribution in [0.3, 0.4) is 0 Å². The third-order valence-electron chi connectivity index (χ3n) is 3.70. The van der Waals surface area contributed by atoms with Gasteiger partial charge in [-0.3, -0.25) is 0 Å². The second-order valence-corrected chi connectivity index (χ2v) is 6.94. The van der Waals surface area contributed by atoms with Crippen LogP contribution in [-0.4, -0.2) is 15.0 Å². The Balaban J connectivity index is 1.95. The summed E-state index contributed by atoms with van der Waals surface area (Å²) in [5.41, 5.74) is 1.31. The summed E-state index contributed by atoms with van der Waals surface area (Å²) in [5, 5.41) is 0. The minimum atomic E-state index is -3.80. The summed E-state index contributed by atoms with van der Waals surface area (Å²) in [7, 11) is -3.80. The molecule has 1 atom stereocenters. The van der Waals surface area contributed by atoms with Crippen molar-refractivity contribution in [3.8, 4) is 5.75 Å². The van der Waals surface area contributed by atoms with Crippen molar-refractivity contribution in [2.24, 2.45) is 0 Å². The predicted molar refractivity (Wildman–Crippen MR) is 80.8 cm³/mol. The standard InChI is InChI=1S/C16H16FNO3S/c1-11-6-7-12(17)10-16(11)22(19,20)18-14-8-9-21-15-5-3-2-4-13(14)15/h2-7,10,14,18H,8-9H2,1H3/t14-/m1/s1. The van der Waals surface area contributed by atoms with Crippen molar-refractivity contribution in [3.05, 3.63) is 59.4 Å². The first kappa shape index (κ1) is 15.0. The molecule has 0 aliphatic carbocycles. The van der Waals surface area contributed by atoms with E-state index in [-0.39, 0.29) is 10.9 Å². The van der Waals surface area contributed by atoms with Crippen LogP contribution in [0, 0.1) is 12.7 Å².